The van der Waals surface area contributed by atoms with E-state index in [1.165, 1.54) is 36.2 Å². The van der Waals surface area contributed by atoms with Crippen LogP contribution in [0.5, 0.6) is 0 Å². The van der Waals surface area contributed by atoms with Crippen LogP contribution >= 0.6 is 0 Å². The van der Waals surface area contributed by atoms with Gasteiger partial charge >= 0.3 is 0 Å². The highest BCUT2D eigenvalue weighted by Crippen LogP contribution is 2.27. The molecule has 2 heteroatoms. The first-order valence-electron chi connectivity index (χ1n) is 4.91. The van der Waals surface area contributed by atoms with E-state index in [0.717, 1.165) is 12.0 Å². The van der Waals surface area contributed by atoms with E-state index in [9.17, 15) is 0 Å². The molecule has 0 fully saturated rings. The summed E-state index contributed by atoms with van der Waals surface area (Å²) < 4.78 is 1.98. The molecule has 2 rings (SSSR count). The lowest BCUT2D eigenvalue weighted by molar-refractivity contribution is 0.664. The number of allylic oxidation sites excluding steroid dienone is 1. The standard InChI is InChI=1S/C11H16N2/c1-8(2)11-9-6-4-5-7-10(9)12-13(11)3/h1,4-7H2,2-3H3. The molecule has 0 radical (unpaired) electrons. The molecule has 2 nitrogen and oxygen atoms in total. The Labute approximate surface area is 79.3 Å². The fourth-order valence-corrected chi connectivity index (χ4v) is 2.22. The Bertz CT molecular complexity index is 347. The molecule has 0 N–H and O–H groups in total. The van der Waals surface area contributed by atoms with Crippen molar-refractivity contribution in [3.63, 3.8) is 0 Å². The lowest BCUT2D eigenvalue weighted by Crippen LogP contribution is -2.01. The minimum Gasteiger partial charge on any atom is -0.268 e. The lowest BCUT2D eigenvalue weighted by Gasteiger charge is -2.10. The molecule has 0 spiro atoms. The van der Waals surface area contributed by atoms with Crippen molar-refractivity contribution >= 4 is 5.57 Å². The molecule has 0 aromatic carbocycles. The van der Waals surface area contributed by atoms with Crippen molar-refractivity contribution in [1.82, 2.24) is 9.78 Å². The first kappa shape index (κ1) is 8.54. The second kappa shape index (κ2) is 3.02. The van der Waals surface area contributed by atoms with Gasteiger partial charge < -0.3 is 0 Å². The van der Waals surface area contributed by atoms with Crippen molar-refractivity contribution in [2.75, 3.05) is 0 Å². The van der Waals surface area contributed by atoms with Crippen molar-refractivity contribution in [2.45, 2.75) is 32.6 Å². The monoisotopic (exact) mass is 176 g/mol. The molecule has 0 unspecified atom stereocenters. The average Bonchev–Trinajstić information content (AvgIpc) is 2.39. The third-order valence-corrected chi connectivity index (χ3v) is 2.72. The van der Waals surface area contributed by atoms with Gasteiger partial charge in [-0.15, -0.1) is 0 Å². The van der Waals surface area contributed by atoms with Crippen LogP contribution in [0.1, 0.15) is 36.7 Å². The zero-order chi connectivity index (χ0) is 9.42. The number of hydrogen-bond donors (Lipinski definition) is 0. The van der Waals surface area contributed by atoms with Gasteiger partial charge in [-0.05, 0) is 38.2 Å². The van der Waals surface area contributed by atoms with Gasteiger partial charge in [-0.2, -0.15) is 5.10 Å². The highest BCUT2D eigenvalue weighted by molar-refractivity contribution is 5.62. The summed E-state index contributed by atoms with van der Waals surface area (Å²) in [4.78, 5) is 0. The maximum absolute atomic E-state index is 4.53. The van der Waals surface area contributed by atoms with E-state index in [0.29, 0.717) is 0 Å². The van der Waals surface area contributed by atoms with Crippen molar-refractivity contribution in [2.24, 2.45) is 7.05 Å². The van der Waals surface area contributed by atoms with E-state index in [2.05, 4.69) is 18.6 Å². The number of fused-ring (bicyclic) bond motifs is 1. The first-order chi connectivity index (χ1) is 6.20. The maximum atomic E-state index is 4.53. The van der Waals surface area contributed by atoms with Gasteiger partial charge in [0.2, 0.25) is 0 Å². The van der Waals surface area contributed by atoms with E-state index < -0.39 is 0 Å². The van der Waals surface area contributed by atoms with Crippen molar-refractivity contribution in [3.05, 3.63) is 23.5 Å². The SMILES string of the molecule is C=C(C)c1c2c(nn1C)CCCC2. The molecule has 0 amide bonds. The molecule has 1 aromatic heterocycles. The number of rotatable bonds is 1. The number of nitrogens with zero attached hydrogens (tertiary/aromatic N) is 2. The quantitative estimate of drug-likeness (QED) is 0.642. The number of aryl methyl sites for hydroxylation is 2. The van der Waals surface area contributed by atoms with Gasteiger partial charge in [0, 0.05) is 12.6 Å². The van der Waals surface area contributed by atoms with Gasteiger partial charge in [0.05, 0.1) is 11.4 Å². The molecular weight excluding hydrogens is 160 g/mol. The minimum atomic E-state index is 1.14. The zero-order valence-electron chi connectivity index (χ0n) is 8.43. The van der Waals surface area contributed by atoms with Crippen LogP contribution in [0.25, 0.3) is 5.57 Å². The van der Waals surface area contributed by atoms with Gasteiger partial charge in [-0.3, -0.25) is 4.68 Å². The van der Waals surface area contributed by atoms with Gasteiger partial charge in [0.1, 0.15) is 0 Å². The summed E-state index contributed by atoms with van der Waals surface area (Å²) in [6, 6.07) is 0. The summed E-state index contributed by atoms with van der Waals surface area (Å²) in [6.45, 7) is 6.07. The summed E-state index contributed by atoms with van der Waals surface area (Å²) >= 11 is 0. The van der Waals surface area contributed by atoms with Gasteiger partial charge in [-0.1, -0.05) is 6.58 Å². The third-order valence-electron chi connectivity index (χ3n) is 2.72. The van der Waals surface area contributed by atoms with Crippen molar-refractivity contribution in [1.29, 1.82) is 0 Å². The Morgan fingerprint density at radius 3 is 2.77 bits per heavy atom. The molecule has 0 aliphatic heterocycles. The minimum absolute atomic E-state index is 1.14. The van der Waals surface area contributed by atoms with Crippen LogP contribution in [0.2, 0.25) is 0 Å². The molecule has 1 aromatic rings. The Morgan fingerprint density at radius 2 is 2.08 bits per heavy atom. The summed E-state index contributed by atoms with van der Waals surface area (Å²) in [5, 5.41) is 4.53. The fraction of sp³-hybridized carbons (Fsp3) is 0.545. The Morgan fingerprint density at radius 1 is 1.38 bits per heavy atom. The molecule has 13 heavy (non-hydrogen) atoms. The van der Waals surface area contributed by atoms with Crippen LogP contribution in [0.15, 0.2) is 6.58 Å². The lowest BCUT2D eigenvalue weighted by atomic mass is 9.94. The predicted molar refractivity (Wildman–Crippen MR) is 54.6 cm³/mol. The smallest absolute Gasteiger partial charge is 0.0664 e. The van der Waals surface area contributed by atoms with Crippen LogP contribution in [0.4, 0.5) is 0 Å². The largest absolute Gasteiger partial charge is 0.268 e. The second-order valence-electron chi connectivity index (χ2n) is 3.88. The topological polar surface area (TPSA) is 17.8 Å². The van der Waals surface area contributed by atoms with Crippen LogP contribution in [-0.2, 0) is 19.9 Å². The van der Waals surface area contributed by atoms with Gasteiger partial charge in [-0.25, -0.2) is 0 Å². The highest BCUT2D eigenvalue weighted by Gasteiger charge is 2.18. The second-order valence-corrected chi connectivity index (χ2v) is 3.88. The number of hydrogen-bond acceptors (Lipinski definition) is 1. The molecule has 70 valence electrons. The van der Waals surface area contributed by atoms with Gasteiger partial charge in [0.15, 0.2) is 0 Å². The summed E-state index contributed by atoms with van der Waals surface area (Å²) in [5.74, 6) is 0. The molecule has 0 bridgehead atoms. The van der Waals surface area contributed by atoms with E-state index >= 15 is 0 Å². The molecule has 0 saturated carbocycles. The van der Waals surface area contributed by atoms with E-state index in [-0.39, 0.29) is 0 Å². The van der Waals surface area contributed by atoms with Crippen LogP contribution in [0.3, 0.4) is 0 Å². The summed E-state index contributed by atoms with van der Waals surface area (Å²) in [6.07, 6.45) is 4.93. The molecule has 1 heterocycles. The Hall–Kier alpha value is -1.05. The highest BCUT2D eigenvalue weighted by atomic mass is 15.3. The Balaban J connectivity index is 2.54. The molecule has 1 aliphatic rings. The summed E-state index contributed by atoms with van der Waals surface area (Å²) in [5.41, 5.74) is 5.14. The van der Waals surface area contributed by atoms with E-state index in [4.69, 9.17) is 0 Å². The normalized spacial score (nSPS) is 15.5. The van der Waals surface area contributed by atoms with Crippen LogP contribution in [0, 0.1) is 0 Å². The Kier molecular flexibility index (Phi) is 1.98. The van der Waals surface area contributed by atoms with Crippen molar-refractivity contribution < 1.29 is 0 Å². The molecule has 1 aliphatic carbocycles. The predicted octanol–water partition coefficient (Wildman–Crippen LogP) is 2.33. The fourth-order valence-electron chi connectivity index (χ4n) is 2.22. The average molecular weight is 176 g/mol. The molecular formula is C11H16N2. The maximum Gasteiger partial charge on any atom is 0.0664 e. The summed E-state index contributed by atoms with van der Waals surface area (Å²) in [7, 11) is 2.02. The molecule has 0 saturated heterocycles. The van der Waals surface area contributed by atoms with Crippen LogP contribution in [-0.4, -0.2) is 9.78 Å². The van der Waals surface area contributed by atoms with E-state index in [1.807, 2.05) is 11.7 Å². The third kappa shape index (κ3) is 1.30. The van der Waals surface area contributed by atoms with Gasteiger partial charge in [0.25, 0.3) is 0 Å². The van der Waals surface area contributed by atoms with Crippen molar-refractivity contribution in [3.8, 4) is 0 Å². The zero-order valence-corrected chi connectivity index (χ0v) is 8.43. The molecule has 0 atom stereocenters. The first-order valence-corrected chi connectivity index (χ1v) is 4.91. The number of aromatic nitrogens is 2. The van der Waals surface area contributed by atoms with E-state index in [1.54, 1.807) is 0 Å². The van der Waals surface area contributed by atoms with Crippen LogP contribution < -0.4 is 0 Å².